The number of nitrogens with one attached hydrogen (secondary N) is 6. The molecule has 0 aliphatic carbocycles. The van der Waals surface area contributed by atoms with E-state index < -0.39 is 51.9 Å². The molecule has 6 aliphatic heterocycles. The first kappa shape index (κ1) is 103. The number of hydrogen-bond acceptors (Lipinski definition) is 18. The number of carbonyl (C=O) groups is 6. The van der Waals surface area contributed by atoms with E-state index in [1.54, 1.807) is 18.2 Å². The molecule has 24 nitrogen and oxygen atoms in total. The minimum absolute atomic E-state index is 0. The molecule has 9 aromatic heterocycles. The van der Waals surface area contributed by atoms with Gasteiger partial charge in [0.2, 0.25) is 0 Å². The fourth-order valence-electron chi connectivity index (χ4n) is 17.9. The van der Waals surface area contributed by atoms with Gasteiger partial charge in [-0.15, -0.1) is 69.6 Å². The molecule has 3 atom stereocenters. The Kier molecular flexibility index (Phi) is 33.7. The molecule has 3 unspecified atom stereocenters. The van der Waals surface area contributed by atoms with Crippen molar-refractivity contribution in [3.8, 4) is 0 Å². The topological polar surface area (TPSA) is 413 Å². The largest absolute Gasteiger partial charge is 3.00 e. The number of alkyl halides is 6. The Hall–Kier alpha value is -11.1. The number of fused-ring (bicyclic) bond motifs is 24. The van der Waals surface area contributed by atoms with E-state index in [-0.39, 0.29) is 134 Å². The summed E-state index contributed by atoms with van der Waals surface area (Å²) in [5, 5.41) is 67.3. The molecule has 0 radical (unpaired) electrons. The third-order valence-electron chi connectivity index (χ3n) is 25.3. The number of aryl methyl sites for hydroxylation is 6. The molecule has 134 heavy (non-hydrogen) atoms. The van der Waals surface area contributed by atoms with Gasteiger partial charge in [0.15, 0.2) is 0 Å². The monoisotopic (exact) mass is 2030 g/mol. The minimum atomic E-state index is -1.16. The number of aromatic nitrogens is 12. The van der Waals surface area contributed by atoms with Gasteiger partial charge in [-0.1, -0.05) is 38.0 Å². The van der Waals surface area contributed by atoms with Crippen molar-refractivity contribution in [1.82, 2.24) is 59.8 Å². The van der Waals surface area contributed by atoms with E-state index in [0.29, 0.717) is 68.3 Å². The normalized spacial score (nSPS) is 13.7. The second-order valence-corrected chi connectivity index (χ2v) is 35.8. The summed E-state index contributed by atoms with van der Waals surface area (Å²) < 4.78 is 0. The molecular formula is C102H96Cl6Ga2N12O12. The number of carboxylic acid groups (broad SMARTS) is 6. The van der Waals surface area contributed by atoms with E-state index in [1.807, 2.05) is 156 Å². The van der Waals surface area contributed by atoms with E-state index in [4.69, 9.17) is 99.5 Å². The van der Waals surface area contributed by atoms with Gasteiger partial charge in [-0.3, -0.25) is 0 Å². The molecule has 0 aromatic carbocycles. The van der Waals surface area contributed by atoms with Crippen LogP contribution in [0.25, 0.3) is 151 Å². The van der Waals surface area contributed by atoms with Crippen LogP contribution in [0.5, 0.6) is 0 Å². The molecule has 15 heterocycles. The SMILES string of the molecule is C=Cc1c(C)c2cc3[nH]c(cc4nc(cc5nc(cc1[nH]2)C(C)=C5CCC(=O)[O-])C(CCC(=O)[O-])=C4C)c(C)c3C(Cl)CCl.C=Cc1c(C)c2cc3[nH]c(cc4nc(cc5nc(cc1[nH]2)C(C)=C5CCC(=O)[O-])C(CCC(=O)[O-])=C4C)c(C)c3C(Cl)CCl.C=Cc1c(C)c2cc3[nH]c(cc4nc(cc5nc(cc1[nH]2)C(C)=C5CCC(=O)[O-])C(CCC(=O)[O-])=C4C)c(C)c3C(Cl)CCl.[Ga+3].[Ga+3]. The summed E-state index contributed by atoms with van der Waals surface area (Å²) in [6.45, 7) is 35.5. The number of carboxylic acids is 6. The third kappa shape index (κ3) is 21.7. The predicted molar refractivity (Wildman–Crippen MR) is 532 cm³/mol. The van der Waals surface area contributed by atoms with Crippen LogP contribution in [-0.4, -0.2) is 153 Å². The molecule has 0 saturated heterocycles. The summed E-state index contributed by atoms with van der Waals surface area (Å²) in [4.78, 5) is 119. The predicted octanol–water partition coefficient (Wildman–Crippen LogP) is 17.3. The molecular weight excluding hydrogens is 1940 g/mol. The van der Waals surface area contributed by atoms with Crippen molar-refractivity contribution >= 4 is 296 Å². The summed E-state index contributed by atoms with van der Waals surface area (Å²) in [6.07, 6.45) is 5.62. The second-order valence-electron chi connectivity index (χ2n) is 33.3. The van der Waals surface area contributed by atoms with E-state index in [9.17, 15) is 59.4 Å². The smallest absolute Gasteiger partial charge is 0.550 e. The van der Waals surface area contributed by atoms with Crippen LogP contribution < -0.4 is 30.6 Å². The van der Waals surface area contributed by atoms with E-state index in [0.717, 1.165) is 200 Å². The van der Waals surface area contributed by atoms with Crippen molar-refractivity contribution in [2.75, 3.05) is 17.6 Å². The number of halogens is 6. The Morgan fingerprint density at radius 2 is 0.433 bits per heavy atom. The van der Waals surface area contributed by atoms with Gasteiger partial charge in [-0.25, -0.2) is 29.9 Å². The Balaban J connectivity index is 0.000000192. The first-order valence-electron chi connectivity index (χ1n) is 42.9. The third-order valence-corrected chi connectivity index (χ3v) is 27.9. The number of aliphatic carboxylic acids is 6. The second kappa shape index (κ2) is 43.7. The number of H-pyrrole nitrogens is 6. The van der Waals surface area contributed by atoms with E-state index in [1.165, 1.54) is 0 Å². The molecule has 0 spiro atoms. The van der Waals surface area contributed by atoms with Gasteiger partial charge < -0.3 is 89.3 Å². The van der Waals surface area contributed by atoms with Crippen LogP contribution in [0.4, 0.5) is 0 Å². The minimum Gasteiger partial charge on any atom is -0.550 e. The van der Waals surface area contributed by atoms with E-state index >= 15 is 0 Å². The molecule has 6 N–H and O–H groups in total. The van der Waals surface area contributed by atoms with Crippen LogP contribution >= 0.6 is 69.6 Å². The zero-order chi connectivity index (χ0) is 95.6. The van der Waals surface area contributed by atoms with Crippen LogP contribution in [0.15, 0.2) is 92.5 Å². The van der Waals surface area contributed by atoms with Crippen molar-refractivity contribution in [3.05, 3.63) is 228 Å². The van der Waals surface area contributed by atoms with Crippen molar-refractivity contribution in [3.63, 3.8) is 0 Å². The Bertz CT molecular complexity index is 6520. The summed E-state index contributed by atoms with van der Waals surface area (Å²) in [6, 6.07) is 23.0. The van der Waals surface area contributed by atoms with Gasteiger partial charge in [-0.05, 0) is 350 Å². The average Bonchev–Trinajstić information content (AvgIpc) is 1.62. The molecule has 6 aliphatic rings. The summed E-state index contributed by atoms with van der Waals surface area (Å²) in [5.74, 6) is -6.31. The van der Waals surface area contributed by atoms with Crippen molar-refractivity contribution < 1.29 is 59.4 Å². The quantitative estimate of drug-likeness (QED) is 0.0206. The van der Waals surface area contributed by atoms with Gasteiger partial charge in [-0.2, -0.15) is 0 Å². The van der Waals surface area contributed by atoms with Gasteiger partial charge in [0.1, 0.15) is 0 Å². The number of rotatable bonds is 27. The number of nitrogens with zero attached hydrogens (tertiary/aromatic N) is 6. The molecule has 9 aromatic rings. The first-order chi connectivity index (χ1) is 62.8. The Morgan fingerprint density at radius 1 is 0.269 bits per heavy atom. The molecule has 32 heteroatoms. The van der Waals surface area contributed by atoms with Crippen LogP contribution in [0.2, 0.25) is 0 Å². The maximum atomic E-state index is 11.4. The van der Waals surface area contributed by atoms with Crippen LogP contribution in [0.3, 0.4) is 0 Å². The number of hydrogen-bond donors (Lipinski definition) is 6. The molecule has 0 amide bonds. The zero-order valence-electron chi connectivity index (χ0n) is 76.1. The van der Waals surface area contributed by atoms with Crippen molar-refractivity contribution in [1.29, 1.82) is 0 Å². The molecule has 24 bridgehead atoms. The maximum Gasteiger partial charge on any atom is 3.00 e. The average molecular weight is 2030 g/mol. The van der Waals surface area contributed by atoms with Crippen molar-refractivity contribution in [2.45, 2.75) is 176 Å². The number of aromatic amines is 6. The molecule has 15 rings (SSSR count). The summed E-state index contributed by atoms with van der Waals surface area (Å²) >= 11 is 39.0. The van der Waals surface area contributed by atoms with E-state index in [2.05, 4.69) is 49.6 Å². The van der Waals surface area contributed by atoms with Crippen LogP contribution in [-0.2, 0) is 28.8 Å². The summed E-state index contributed by atoms with van der Waals surface area (Å²) in [7, 11) is 0. The van der Waals surface area contributed by atoms with Gasteiger partial charge in [0, 0.05) is 136 Å². The molecule has 0 saturated carbocycles. The van der Waals surface area contributed by atoms with Gasteiger partial charge in [0.25, 0.3) is 0 Å². The Labute approximate surface area is 830 Å². The zero-order valence-corrected chi connectivity index (χ0v) is 85.5. The standard InChI is InChI=1S/3C34H34Cl2N4O4.2Ga/c3*1-6-20-16(2)26-13-31-34(23(36)15-35)19(5)27(40-31)11-24-17(3)21(7-9-32(41)42)29(38-24)14-30-22(8-10-33(43)44)18(4)25(39-30)12-28(20)37-26;;/h3*6,11-14,23,37,40H,1,7-10,15H2,2-5H3,(H,41,42)(H,43,44);;/q;;;2*+3/p-6. The van der Waals surface area contributed by atoms with Gasteiger partial charge >= 0.3 is 39.6 Å². The number of carbonyl (C=O) groups excluding carboxylic acids is 6. The van der Waals surface area contributed by atoms with Crippen LogP contribution in [0, 0.1) is 41.5 Å². The molecule has 684 valence electrons. The maximum absolute atomic E-state index is 11.4. The van der Waals surface area contributed by atoms with Crippen LogP contribution in [0.1, 0.15) is 270 Å². The van der Waals surface area contributed by atoms with Crippen molar-refractivity contribution in [2.24, 2.45) is 0 Å². The number of allylic oxidation sites excluding steroid dienone is 12. The Morgan fingerprint density at radius 3 is 0.597 bits per heavy atom. The first-order valence-corrected chi connectivity index (χ1v) is 45.9. The fourth-order valence-corrected chi connectivity index (χ4v) is 19.2. The van der Waals surface area contributed by atoms with Gasteiger partial charge in [0.05, 0.1) is 84.5 Å². The molecule has 0 fully saturated rings. The fraction of sp³-hybridized carbons (Fsp3) is 0.294. The summed E-state index contributed by atoms with van der Waals surface area (Å²) in [5.41, 5.74) is 37.8.